The molecule has 0 aliphatic carbocycles. The number of carbonyl (C=O) groups excluding carboxylic acids is 1. The Bertz CT molecular complexity index is 174. The van der Waals surface area contributed by atoms with E-state index in [0.717, 1.165) is 0 Å². The Morgan fingerprint density at radius 2 is 2.67 bits per heavy atom. The summed E-state index contributed by atoms with van der Waals surface area (Å²) in [6.07, 6.45) is 0.351. The van der Waals surface area contributed by atoms with E-state index < -0.39 is 0 Å². The molecule has 1 heterocycles. The van der Waals surface area contributed by atoms with Crippen LogP contribution in [0, 0.1) is 0 Å². The fourth-order valence-electron chi connectivity index (χ4n) is 0.657. The van der Waals surface area contributed by atoms with E-state index in [1.165, 1.54) is 0 Å². The average Bonchev–Trinajstić information content (AvgIpc) is 2.17. The molecule has 0 amide bonds. The molecule has 9 heavy (non-hydrogen) atoms. The van der Waals surface area contributed by atoms with Gasteiger partial charge in [0.05, 0.1) is 11.6 Å². The lowest BCUT2D eigenvalue weighted by molar-refractivity contribution is -0.137. The zero-order valence-electron chi connectivity index (χ0n) is 4.66. The SMILES string of the molecule is O=C1C[C@H](N=C=S)CO1. The first kappa shape index (κ1) is 6.39. The molecule has 0 N–H and O–H groups in total. The highest BCUT2D eigenvalue weighted by atomic mass is 32.1. The van der Waals surface area contributed by atoms with Gasteiger partial charge in [0, 0.05) is 0 Å². The number of hydrogen-bond acceptors (Lipinski definition) is 4. The lowest BCUT2D eigenvalue weighted by Crippen LogP contribution is -2.00. The van der Waals surface area contributed by atoms with E-state index >= 15 is 0 Å². The highest BCUT2D eigenvalue weighted by Gasteiger charge is 2.22. The molecule has 0 bridgehead atoms. The highest BCUT2D eigenvalue weighted by molar-refractivity contribution is 7.78. The minimum atomic E-state index is -0.200. The third kappa shape index (κ3) is 1.59. The number of thiocarbonyl (C=S) groups is 1. The molecule has 0 spiro atoms. The second kappa shape index (κ2) is 2.71. The molecule has 0 saturated carbocycles. The Balaban J connectivity index is 2.48. The lowest BCUT2D eigenvalue weighted by Gasteiger charge is -1.89. The van der Waals surface area contributed by atoms with Gasteiger partial charge < -0.3 is 4.74 Å². The fraction of sp³-hybridized carbons (Fsp3) is 0.600. The summed E-state index contributed by atoms with van der Waals surface area (Å²) < 4.78 is 4.60. The van der Waals surface area contributed by atoms with Gasteiger partial charge in [0.25, 0.3) is 0 Å². The van der Waals surface area contributed by atoms with Crippen LogP contribution in [0.3, 0.4) is 0 Å². The quantitative estimate of drug-likeness (QED) is 0.303. The minimum Gasteiger partial charge on any atom is -0.463 e. The van der Waals surface area contributed by atoms with E-state index in [0.29, 0.717) is 13.0 Å². The number of rotatable bonds is 1. The van der Waals surface area contributed by atoms with Gasteiger partial charge in [-0.25, -0.2) is 4.99 Å². The summed E-state index contributed by atoms with van der Waals surface area (Å²) in [4.78, 5) is 14.1. The van der Waals surface area contributed by atoms with Crippen molar-refractivity contribution in [1.29, 1.82) is 0 Å². The predicted molar refractivity (Wildman–Crippen MR) is 34.4 cm³/mol. The molecule has 48 valence electrons. The van der Waals surface area contributed by atoms with Gasteiger partial charge in [0.15, 0.2) is 0 Å². The molecule has 0 aromatic carbocycles. The second-order valence-corrected chi connectivity index (χ2v) is 1.94. The van der Waals surface area contributed by atoms with Crippen molar-refractivity contribution < 1.29 is 9.53 Å². The standard InChI is InChI=1S/C5H5NO2S/c7-5-1-4(2-8-5)6-3-9/h4H,1-2H2/t4-/m0/s1. The summed E-state index contributed by atoms with van der Waals surface area (Å²) in [5.74, 6) is -0.200. The summed E-state index contributed by atoms with van der Waals surface area (Å²) >= 11 is 4.34. The molecule has 1 aliphatic heterocycles. The van der Waals surface area contributed by atoms with Crippen LogP contribution in [0.15, 0.2) is 4.99 Å². The Kier molecular flexibility index (Phi) is 1.92. The predicted octanol–water partition coefficient (Wildman–Crippen LogP) is 0.405. The second-order valence-electron chi connectivity index (χ2n) is 1.76. The van der Waals surface area contributed by atoms with Gasteiger partial charge in [-0.1, -0.05) is 0 Å². The van der Waals surface area contributed by atoms with Crippen molar-refractivity contribution in [3.05, 3.63) is 0 Å². The number of ether oxygens (including phenoxy) is 1. The molecule has 0 aromatic rings. The molecule has 1 rings (SSSR count). The number of aliphatic imine (C=N–C) groups is 1. The van der Waals surface area contributed by atoms with Crippen LogP contribution in [0.5, 0.6) is 0 Å². The number of isothiocyanates is 1. The molecule has 1 atom stereocenters. The topological polar surface area (TPSA) is 38.7 Å². The first-order valence-corrected chi connectivity index (χ1v) is 2.96. The van der Waals surface area contributed by atoms with Crippen LogP contribution in [0.1, 0.15) is 6.42 Å². The van der Waals surface area contributed by atoms with Crippen LogP contribution in [0.4, 0.5) is 0 Å². The molecule has 1 fully saturated rings. The largest absolute Gasteiger partial charge is 0.463 e. The normalized spacial score (nSPS) is 24.9. The third-order valence-corrected chi connectivity index (χ3v) is 1.18. The highest BCUT2D eigenvalue weighted by Crippen LogP contribution is 2.08. The van der Waals surface area contributed by atoms with Crippen molar-refractivity contribution >= 4 is 23.3 Å². The summed E-state index contributed by atoms with van der Waals surface area (Å²) in [5.41, 5.74) is 0. The van der Waals surface area contributed by atoms with Gasteiger partial charge in [0.2, 0.25) is 0 Å². The maximum absolute atomic E-state index is 10.4. The summed E-state index contributed by atoms with van der Waals surface area (Å²) in [6.45, 7) is 0.364. The maximum Gasteiger partial charge on any atom is 0.308 e. The van der Waals surface area contributed by atoms with Crippen LogP contribution in [-0.2, 0) is 9.53 Å². The molecule has 0 radical (unpaired) electrons. The van der Waals surface area contributed by atoms with E-state index in [1.54, 1.807) is 0 Å². The van der Waals surface area contributed by atoms with Crippen LogP contribution >= 0.6 is 12.2 Å². The fourth-order valence-corrected chi connectivity index (χ4v) is 0.806. The van der Waals surface area contributed by atoms with Crippen LogP contribution in [0.2, 0.25) is 0 Å². The van der Waals surface area contributed by atoms with Gasteiger partial charge in [-0.2, -0.15) is 0 Å². The molecule has 0 aromatic heterocycles. The Morgan fingerprint density at radius 3 is 3.11 bits per heavy atom. The zero-order chi connectivity index (χ0) is 6.69. The molecule has 1 aliphatic rings. The lowest BCUT2D eigenvalue weighted by atomic mass is 10.3. The number of cyclic esters (lactones) is 1. The Hall–Kier alpha value is -0.730. The average molecular weight is 143 g/mol. The zero-order valence-corrected chi connectivity index (χ0v) is 5.48. The van der Waals surface area contributed by atoms with Gasteiger partial charge in [-0.15, -0.1) is 0 Å². The van der Waals surface area contributed by atoms with E-state index in [4.69, 9.17) is 0 Å². The van der Waals surface area contributed by atoms with Crippen molar-refractivity contribution in [3.63, 3.8) is 0 Å². The number of carbonyl (C=O) groups is 1. The van der Waals surface area contributed by atoms with E-state index in [2.05, 4.69) is 27.1 Å². The van der Waals surface area contributed by atoms with E-state index in [9.17, 15) is 4.79 Å². The third-order valence-electron chi connectivity index (χ3n) is 1.07. The monoisotopic (exact) mass is 143 g/mol. The van der Waals surface area contributed by atoms with Crippen molar-refractivity contribution in [2.24, 2.45) is 4.99 Å². The summed E-state index contributed by atoms with van der Waals surface area (Å²) in [7, 11) is 0. The van der Waals surface area contributed by atoms with Gasteiger partial charge >= 0.3 is 5.97 Å². The maximum atomic E-state index is 10.4. The number of nitrogens with zero attached hydrogens (tertiary/aromatic N) is 1. The number of esters is 1. The van der Waals surface area contributed by atoms with Crippen LogP contribution in [0.25, 0.3) is 0 Å². The first-order chi connectivity index (χ1) is 4.33. The summed E-state index contributed by atoms with van der Waals surface area (Å²) in [5, 5.41) is 2.21. The van der Waals surface area contributed by atoms with Crippen molar-refractivity contribution in [2.75, 3.05) is 6.61 Å². The Morgan fingerprint density at radius 1 is 1.89 bits per heavy atom. The van der Waals surface area contributed by atoms with Crippen molar-refractivity contribution in [2.45, 2.75) is 12.5 Å². The molecular weight excluding hydrogens is 138 g/mol. The van der Waals surface area contributed by atoms with Crippen LogP contribution < -0.4 is 0 Å². The van der Waals surface area contributed by atoms with Gasteiger partial charge in [-0.3, -0.25) is 4.79 Å². The molecular formula is C5H5NO2S. The molecule has 3 nitrogen and oxygen atoms in total. The Labute approximate surface area is 57.7 Å². The molecule has 1 saturated heterocycles. The smallest absolute Gasteiger partial charge is 0.308 e. The van der Waals surface area contributed by atoms with E-state index in [-0.39, 0.29) is 12.0 Å². The summed E-state index contributed by atoms with van der Waals surface area (Å²) in [6, 6.07) is -0.0741. The van der Waals surface area contributed by atoms with E-state index in [1.807, 2.05) is 0 Å². The van der Waals surface area contributed by atoms with Crippen molar-refractivity contribution in [1.82, 2.24) is 0 Å². The van der Waals surface area contributed by atoms with Gasteiger partial charge in [-0.05, 0) is 12.2 Å². The van der Waals surface area contributed by atoms with Crippen molar-refractivity contribution in [3.8, 4) is 0 Å². The molecule has 0 unspecified atom stereocenters. The first-order valence-electron chi connectivity index (χ1n) is 2.55. The van der Waals surface area contributed by atoms with Gasteiger partial charge in [0.1, 0.15) is 12.6 Å². The van der Waals surface area contributed by atoms with Crippen LogP contribution in [-0.4, -0.2) is 23.8 Å². The molecule has 4 heteroatoms. The number of hydrogen-bond donors (Lipinski definition) is 0. The minimum absolute atomic E-state index is 0.0741.